The molecular weight excluding hydrogens is 284 g/mol. The van der Waals surface area contributed by atoms with Gasteiger partial charge in [-0.05, 0) is 34.9 Å². The second kappa shape index (κ2) is 5.55. The molecule has 1 rings (SSSR count). The van der Waals surface area contributed by atoms with Gasteiger partial charge in [-0.15, -0.1) is 11.6 Å². The van der Waals surface area contributed by atoms with Crippen LogP contribution in [0.15, 0.2) is 22.7 Å². The van der Waals surface area contributed by atoms with Gasteiger partial charge < -0.3 is 0 Å². The number of hydrogen-bond donors (Lipinski definition) is 0. The minimum atomic E-state index is 0.207. The monoisotopic (exact) mass is 302 g/mol. The van der Waals surface area contributed by atoms with Crippen molar-refractivity contribution >= 4 is 27.5 Å². The summed E-state index contributed by atoms with van der Waals surface area (Å²) in [7, 11) is 0. The molecule has 0 fully saturated rings. The van der Waals surface area contributed by atoms with Crippen LogP contribution in [0.1, 0.15) is 38.8 Å². The molecule has 1 aromatic carbocycles. The van der Waals surface area contributed by atoms with E-state index in [1.807, 2.05) is 0 Å². The third kappa shape index (κ3) is 3.78. The fraction of sp³-hybridized carbons (Fsp3) is 0.571. The number of rotatable bonds is 3. The SMILES string of the molecule is CC(CCl)Cc1ccc(C(C)(C)C)cc1Br. The van der Waals surface area contributed by atoms with E-state index in [2.05, 4.69) is 61.8 Å². The Hall–Kier alpha value is -0.0100. The molecule has 0 spiro atoms. The van der Waals surface area contributed by atoms with Crippen molar-refractivity contribution in [3.8, 4) is 0 Å². The fourth-order valence-corrected chi connectivity index (χ4v) is 2.26. The maximum atomic E-state index is 5.84. The second-order valence-corrected chi connectivity index (χ2v) is 6.68. The highest BCUT2D eigenvalue weighted by Gasteiger charge is 2.15. The molecule has 16 heavy (non-hydrogen) atoms. The van der Waals surface area contributed by atoms with Gasteiger partial charge in [-0.3, -0.25) is 0 Å². The summed E-state index contributed by atoms with van der Waals surface area (Å²) in [6.07, 6.45) is 1.04. The Kier molecular flexibility index (Phi) is 4.88. The Balaban J connectivity index is 2.92. The first-order valence-corrected chi connectivity index (χ1v) is 7.02. The van der Waals surface area contributed by atoms with E-state index >= 15 is 0 Å². The smallest absolute Gasteiger partial charge is 0.0252 e. The molecule has 0 saturated heterocycles. The van der Waals surface area contributed by atoms with Crippen molar-refractivity contribution in [3.63, 3.8) is 0 Å². The molecule has 90 valence electrons. The first-order chi connectivity index (χ1) is 7.34. The normalized spacial score (nSPS) is 13.9. The Morgan fingerprint density at radius 2 is 1.94 bits per heavy atom. The average molecular weight is 304 g/mol. The van der Waals surface area contributed by atoms with Crippen LogP contribution in [0.2, 0.25) is 0 Å². The van der Waals surface area contributed by atoms with E-state index in [1.54, 1.807) is 0 Å². The summed E-state index contributed by atoms with van der Waals surface area (Å²) in [6, 6.07) is 6.67. The Morgan fingerprint density at radius 3 is 2.38 bits per heavy atom. The fourth-order valence-electron chi connectivity index (χ4n) is 1.61. The zero-order valence-electron chi connectivity index (χ0n) is 10.5. The molecule has 0 nitrogen and oxygen atoms in total. The lowest BCUT2D eigenvalue weighted by molar-refractivity contribution is 0.588. The average Bonchev–Trinajstić information content (AvgIpc) is 2.19. The molecule has 2 heteroatoms. The van der Waals surface area contributed by atoms with E-state index in [0.717, 1.165) is 6.42 Å². The van der Waals surface area contributed by atoms with E-state index in [9.17, 15) is 0 Å². The molecule has 0 saturated carbocycles. The van der Waals surface area contributed by atoms with E-state index in [4.69, 9.17) is 11.6 Å². The molecule has 0 bridgehead atoms. The molecule has 1 atom stereocenters. The van der Waals surface area contributed by atoms with E-state index in [-0.39, 0.29) is 5.41 Å². The summed E-state index contributed by atoms with van der Waals surface area (Å²) < 4.78 is 1.21. The summed E-state index contributed by atoms with van der Waals surface area (Å²) in [5.74, 6) is 1.24. The molecule has 0 heterocycles. The topological polar surface area (TPSA) is 0 Å². The van der Waals surface area contributed by atoms with Gasteiger partial charge in [-0.1, -0.05) is 55.8 Å². The number of halogens is 2. The van der Waals surface area contributed by atoms with Crippen LogP contribution in [0, 0.1) is 5.92 Å². The summed E-state index contributed by atoms with van der Waals surface area (Å²) in [5, 5.41) is 0. The van der Waals surface area contributed by atoms with Gasteiger partial charge in [-0.2, -0.15) is 0 Å². The van der Waals surface area contributed by atoms with Gasteiger partial charge in [0.2, 0.25) is 0 Å². The molecule has 0 aliphatic heterocycles. The maximum absolute atomic E-state index is 5.84. The lowest BCUT2D eigenvalue weighted by Crippen LogP contribution is -2.11. The molecule has 1 aromatic rings. The Bertz CT molecular complexity index is 352. The van der Waals surface area contributed by atoms with Gasteiger partial charge in [0.15, 0.2) is 0 Å². The third-order valence-electron chi connectivity index (χ3n) is 2.75. The zero-order chi connectivity index (χ0) is 12.3. The lowest BCUT2D eigenvalue weighted by Gasteiger charge is -2.20. The van der Waals surface area contributed by atoms with Gasteiger partial charge in [0.25, 0.3) is 0 Å². The quantitative estimate of drug-likeness (QED) is 0.676. The highest BCUT2D eigenvalue weighted by atomic mass is 79.9. The predicted octanol–water partition coefficient (Wildman–Crippen LogP) is 5.16. The van der Waals surface area contributed by atoms with Crippen LogP contribution in [-0.4, -0.2) is 5.88 Å². The molecule has 0 aliphatic rings. The van der Waals surface area contributed by atoms with Crippen LogP contribution in [0.25, 0.3) is 0 Å². The van der Waals surface area contributed by atoms with Gasteiger partial charge in [0.1, 0.15) is 0 Å². The van der Waals surface area contributed by atoms with Crippen LogP contribution in [0.3, 0.4) is 0 Å². The Labute approximate surface area is 113 Å². The standard InChI is InChI=1S/C14H20BrCl/c1-10(9-16)7-11-5-6-12(8-13(11)15)14(2,3)4/h5-6,8,10H,7,9H2,1-4H3. The van der Waals surface area contributed by atoms with E-state index in [0.29, 0.717) is 11.8 Å². The molecule has 0 aliphatic carbocycles. The number of alkyl halides is 1. The first kappa shape index (κ1) is 14.1. The lowest BCUT2D eigenvalue weighted by atomic mass is 9.86. The van der Waals surface area contributed by atoms with Crippen molar-refractivity contribution in [2.75, 3.05) is 5.88 Å². The highest BCUT2D eigenvalue weighted by molar-refractivity contribution is 9.10. The van der Waals surface area contributed by atoms with Crippen LogP contribution < -0.4 is 0 Å². The summed E-state index contributed by atoms with van der Waals surface area (Å²) in [6.45, 7) is 8.87. The maximum Gasteiger partial charge on any atom is 0.0252 e. The largest absolute Gasteiger partial charge is 0.126 e. The summed E-state index contributed by atoms with van der Waals surface area (Å²) in [4.78, 5) is 0. The van der Waals surface area contributed by atoms with Crippen molar-refractivity contribution in [1.82, 2.24) is 0 Å². The van der Waals surface area contributed by atoms with Crippen LogP contribution in [-0.2, 0) is 11.8 Å². The van der Waals surface area contributed by atoms with E-state index < -0.39 is 0 Å². The summed E-state index contributed by atoms with van der Waals surface area (Å²) in [5.41, 5.74) is 2.92. The molecule has 0 radical (unpaired) electrons. The van der Waals surface area contributed by atoms with Gasteiger partial charge in [0.05, 0.1) is 0 Å². The molecule has 0 amide bonds. The van der Waals surface area contributed by atoms with Crippen molar-refractivity contribution in [2.45, 2.75) is 39.5 Å². The highest BCUT2D eigenvalue weighted by Crippen LogP contribution is 2.28. The number of benzene rings is 1. The van der Waals surface area contributed by atoms with Crippen molar-refractivity contribution in [1.29, 1.82) is 0 Å². The van der Waals surface area contributed by atoms with Crippen molar-refractivity contribution in [2.24, 2.45) is 5.92 Å². The molecule has 0 aromatic heterocycles. The summed E-state index contributed by atoms with van der Waals surface area (Å²) >= 11 is 9.50. The Morgan fingerprint density at radius 1 is 1.31 bits per heavy atom. The second-order valence-electron chi connectivity index (χ2n) is 5.52. The van der Waals surface area contributed by atoms with Crippen LogP contribution in [0.4, 0.5) is 0 Å². The van der Waals surface area contributed by atoms with Crippen molar-refractivity contribution < 1.29 is 0 Å². The van der Waals surface area contributed by atoms with Crippen molar-refractivity contribution in [3.05, 3.63) is 33.8 Å². The third-order valence-corrected chi connectivity index (χ3v) is 4.02. The zero-order valence-corrected chi connectivity index (χ0v) is 12.8. The molecule has 1 unspecified atom stereocenters. The molecule has 0 N–H and O–H groups in total. The number of hydrogen-bond acceptors (Lipinski definition) is 0. The molecular formula is C14H20BrCl. The minimum Gasteiger partial charge on any atom is -0.126 e. The van der Waals surface area contributed by atoms with Gasteiger partial charge >= 0.3 is 0 Å². The predicted molar refractivity (Wildman–Crippen MR) is 76.4 cm³/mol. The first-order valence-electron chi connectivity index (χ1n) is 5.69. The van der Waals surface area contributed by atoms with Crippen LogP contribution >= 0.6 is 27.5 Å². The van der Waals surface area contributed by atoms with E-state index in [1.165, 1.54) is 15.6 Å². The minimum absolute atomic E-state index is 0.207. The van der Waals surface area contributed by atoms with Gasteiger partial charge in [-0.25, -0.2) is 0 Å². The van der Waals surface area contributed by atoms with Crippen LogP contribution in [0.5, 0.6) is 0 Å². The van der Waals surface area contributed by atoms with Gasteiger partial charge in [0, 0.05) is 10.4 Å².